The molecule has 3 rings (SSSR count). The van der Waals surface area contributed by atoms with Gasteiger partial charge in [0.1, 0.15) is 10.7 Å². The highest BCUT2D eigenvalue weighted by Crippen LogP contribution is 2.34. The number of halogens is 5. The Morgan fingerprint density at radius 1 is 1.14 bits per heavy atom. The molecule has 0 radical (unpaired) electrons. The number of terminal acetylenes is 1. The minimum absolute atomic E-state index is 0.0643. The molecule has 0 bridgehead atoms. The zero-order chi connectivity index (χ0) is 21.6. The zero-order valence-electron chi connectivity index (χ0n) is 14.2. The van der Waals surface area contributed by atoms with Gasteiger partial charge in [-0.05, 0) is 30.3 Å². The second-order valence-corrected chi connectivity index (χ2v) is 7.76. The molecular formula is C18H10ClF4N3O2S. The van der Waals surface area contributed by atoms with Gasteiger partial charge >= 0.3 is 6.18 Å². The monoisotopic (exact) mass is 443 g/mol. The quantitative estimate of drug-likeness (QED) is 0.491. The minimum Gasteiger partial charge on any atom is -0.232 e. The maximum Gasteiger partial charge on any atom is 0.435 e. The van der Waals surface area contributed by atoms with Crippen molar-refractivity contribution in [2.45, 2.75) is 11.1 Å². The molecule has 0 fully saturated rings. The predicted octanol–water partition coefficient (Wildman–Crippen LogP) is 3.98. The molecule has 0 aliphatic carbocycles. The Kier molecular flexibility index (Phi) is 5.17. The normalized spacial score (nSPS) is 12.0. The van der Waals surface area contributed by atoms with E-state index in [0.29, 0.717) is 11.6 Å². The summed E-state index contributed by atoms with van der Waals surface area (Å²) in [6, 6.07) is 7.61. The summed E-state index contributed by atoms with van der Waals surface area (Å²) >= 11 is 6.04. The largest absolute Gasteiger partial charge is 0.435 e. The molecule has 0 saturated carbocycles. The van der Waals surface area contributed by atoms with Crippen LogP contribution in [0.3, 0.4) is 0 Å². The van der Waals surface area contributed by atoms with Crippen molar-refractivity contribution >= 4 is 21.6 Å². The summed E-state index contributed by atoms with van der Waals surface area (Å²) in [6.45, 7) is 0. The lowest BCUT2D eigenvalue weighted by Gasteiger charge is -2.10. The number of rotatable bonds is 3. The lowest BCUT2D eigenvalue weighted by Crippen LogP contribution is -2.14. The van der Waals surface area contributed by atoms with E-state index in [4.69, 9.17) is 23.2 Å². The van der Waals surface area contributed by atoms with Crippen molar-refractivity contribution in [1.82, 2.24) is 9.78 Å². The van der Waals surface area contributed by atoms with Gasteiger partial charge in [0.25, 0.3) is 0 Å². The van der Waals surface area contributed by atoms with Gasteiger partial charge in [-0.2, -0.15) is 18.3 Å². The highest BCUT2D eigenvalue weighted by atomic mass is 35.5. The van der Waals surface area contributed by atoms with Crippen LogP contribution in [0.15, 0.2) is 47.4 Å². The molecule has 0 atom stereocenters. The Bertz CT molecular complexity index is 1260. The average Bonchev–Trinajstić information content (AvgIpc) is 3.06. The Hall–Kier alpha value is -2.87. The van der Waals surface area contributed by atoms with Gasteiger partial charge in [-0.1, -0.05) is 23.6 Å². The highest BCUT2D eigenvalue weighted by Gasteiger charge is 2.35. The summed E-state index contributed by atoms with van der Waals surface area (Å²) in [7, 11) is -4.35. The highest BCUT2D eigenvalue weighted by molar-refractivity contribution is 7.89. The molecular weight excluding hydrogens is 434 g/mol. The van der Waals surface area contributed by atoms with Gasteiger partial charge in [0, 0.05) is 17.2 Å². The van der Waals surface area contributed by atoms with Gasteiger partial charge in [-0.3, -0.25) is 0 Å². The number of nitrogens with zero attached hydrogens (tertiary/aromatic N) is 2. The number of sulfonamides is 1. The van der Waals surface area contributed by atoms with Crippen LogP contribution in [0.2, 0.25) is 5.02 Å². The standard InChI is InChI=1S/C18H10ClF4N3O2S/c1-2-10-3-4-11(7-13(10)19)15-9-17(18(21,22)23)25-26(15)12-5-6-16(14(20)8-12)29(24,27)28/h1,3-9H,(H2,24,27,28). The van der Waals surface area contributed by atoms with Crippen molar-refractivity contribution < 1.29 is 26.0 Å². The molecule has 0 aliphatic rings. The third-order valence-corrected chi connectivity index (χ3v) is 5.14. The SMILES string of the molecule is C#Cc1ccc(-c2cc(C(F)(F)F)nn2-c2ccc(S(N)(=O)=O)c(F)c2)cc1Cl. The smallest absolute Gasteiger partial charge is 0.232 e. The average molecular weight is 444 g/mol. The van der Waals surface area contributed by atoms with Gasteiger partial charge in [-0.15, -0.1) is 6.42 Å². The number of hydrogen-bond donors (Lipinski definition) is 1. The first-order valence-corrected chi connectivity index (χ1v) is 9.61. The molecule has 0 saturated heterocycles. The Morgan fingerprint density at radius 2 is 1.83 bits per heavy atom. The van der Waals surface area contributed by atoms with Crippen molar-refractivity contribution in [2.75, 3.05) is 0 Å². The van der Waals surface area contributed by atoms with Crippen LogP contribution in [0.25, 0.3) is 16.9 Å². The first-order valence-electron chi connectivity index (χ1n) is 7.68. The third-order valence-electron chi connectivity index (χ3n) is 3.89. The van der Waals surface area contributed by atoms with E-state index < -0.39 is 32.6 Å². The van der Waals surface area contributed by atoms with Crippen LogP contribution in [0, 0.1) is 18.2 Å². The second-order valence-electron chi connectivity index (χ2n) is 5.82. The maximum atomic E-state index is 14.2. The lowest BCUT2D eigenvalue weighted by molar-refractivity contribution is -0.141. The number of hydrogen-bond acceptors (Lipinski definition) is 3. The fourth-order valence-electron chi connectivity index (χ4n) is 2.57. The second kappa shape index (κ2) is 7.18. The van der Waals surface area contributed by atoms with Crippen LogP contribution in [0.5, 0.6) is 0 Å². The van der Waals surface area contributed by atoms with Crippen molar-refractivity contribution in [1.29, 1.82) is 0 Å². The molecule has 2 N–H and O–H groups in total. The molecule has 1 heterocycles. The van der Waals surface area contributed by atoms with E-state index in [9.17, 15) is 26.0 Å². The third kappa shape index (κ3) is 4.12. The topological polar surface area (TPSA) is 78.0 Å². The fourth-order valence-corrected chi connectivity index (χ4v) is 3.39. The Morgan fingerprint density at radius 3 is 2.34 bits per heavy atom. The molecule has 2 aromatic carbocycles. The van der Waals surface area contributed by atoms with Crippen LogP contribution >= 0.6 is 11.6 Å². The molecule has 3 aromatic rings. The molecule has 0 aliphatic heterocycles. The van der Waals surface area contributed by atoms with E-state index >= 15 is 0 Å². The predicted molar refractivity (Wildman–Crippen MR) is 98.3 cm³/mol. The Labute approximate surface area is 167 Å². The van der Waals surface area contributed by atoms with Crippen molar-refractivity contribution in [3.63, 3.8) is 0 Å². The Balaban J connectivity index is 2.24. The number of aromatic nitrogens is 2. The first-order chi connectivity index (χ1) is 13.4. The van der Waals surface area contributed by atoms with Crippen molar-refractivity contribution in [3.05, 3.63) is 64.6 Å². The molecule has 1 aromatic heterocycles. The molecule has 0 spiro atoms. The summed E-state index contributed by atoms with van der Waals surface area (Å²) in [5, 5.41) is 8.52. The van der Waals surface area contributed by atoms with E-state index in [0.717, 1.165) is 22.9 Å². The summed E-state index contributed by atoms with van der Waals surface area (Å²) < 4.78 is 77.4. The minimum atomic E-state index is -4.78. The number of nitrogens with two attached hydrogens (primary N) is 1. The van der Waals surface area contributed by atoms with E-state index in [1.165, 1.54) is 18.2 Å². The zero-order valence-corrected chi connectivity index (χ0v) is 15.8. The van der Waals surface area contributed by atoms with Crippen molar-refractivity contribution in [2.24, 2.45) is 5.14 Å². The van der Waals surface area contributed by atoms with Gasteiger partial charge in [0.05, 0.1) is 16.4 Å². The van der Waals surface area contributed by atoms with E-state index in [1.807, 2.05) is 0 Å². The van der Waals surface area contributed by atoms with Crippen molar-refractivity contribution in [3.8, 4) is 29.3 Å². The number of benzene rings is 2. The summed E-state index contributed by atoms with van der Waals surface area (Å²) in [5.74, 6) is 1.09. The molecule has 29 heavy (non-hydrogen) atoms. The van der Waals surface area contributed by atoms with Crippen LogP contribution in [0.1, 0.15) is 11.3 Å². The lowest BCUT2D eigenvalue weighted by atomic mass is 10.1. The maximum absolute atomic E-state index is 14.2. The summed E-state index contributed by atoms with van der Waals surface area (Å²) in [4.78, 5) is -0.799. The molecule has 0 amide bonds. The van der Waals surface area contributed by atoms with Crippen LogP contribution < -0.4 is 5.14 Å². The van der Waals surface area contributed by atoms with Gasteiger partial charge in [0.15, 0.2) is 5.69 Å². The van der Waals surface area contributed by atoms with Gasteiger partial charge < -0.3 is 0 Å². The van der Waals surface area contributed by atoms with Crippen LogP contribution in [-0.2, 0) is 16.2 Å². The van der Waals surface area contributed by atoms with E-state index in [1.54, 1.807) is 0 Å². The van der Waals surface area contributed by atoms with Crippen LogP contribution in [-0.4, -0.2) is 18.2 Å². The molecule has 11 heteroatoms. The van der Waals surface area contributed by atoms with Crippen LogP contribution in [0.4, 0.5) is 17.6 Å². The summed E-state index contributed by atoms with van der Waals surface area (Å²) in [6.07, 6.45) is 0.510. The fraction of sp³-hybridized carbons (Fsp3) is 0.0556. The number of primary sulfonamides is 1. The van der Waals surface area contributed by atoms with E-state index in [-0.39, 0.29) is 22.0 Å². The van der Waals surface area contributed by atoms with Gasteiger partial charge in [-0.25, -0.2) is 22.6 Å². The van der Waals surface area contributed by atoms with Gasteiger partial charge in [0.2, 0.25) is 10.0 Å². The van der Waals surface area contributed by atoms with E-state index in [2.05, 4.69) is 11.0 Å². The molecule has 5 nitrogen and oxygen atoms in total. The number of alkyl halides is 3. The molecule has 0 unspecified atom stereocenters. The molecule has 150 valence electrons. The summed E-state index contributed by atoms with van der Waals surface area (Å²) in [5.41, 5.74) is -0.891. The first kappa shape index (κ1) is 20.9.